The predicted molar refractivity (Wildman–Crippen MR) is 114 cm³/mol. The number of hydrogen-bond donors (Lipinski definition) is 1. The van der Waals surface area contributed by atoms with Gasteiger partial charge in [0.15, 0.2) is 18.1 Å². The molecule has 1 aliphatic heterocycles. The molecule has 0 saturated heterocycles. The van der Waals surface area contributed by atoms with Crippen molar-refractivity contribution in [1.82, 2.24) is 5.32 Å². The van der Waals surface area contributed by atoms with Crippen LogP contribution in [-0.2, 0) is 14.3 Å². The molecule has 0 unspecified atom stereocenters. The van der Waals surface area contributed by atoms with Crippen LogP contribution >= 0.6 is 0 Å². The first-order valence-electron chi connectivity index (χ1n) is 10.0. The van der Waals surface area contributed by atoms with E-state index in [-0.39, 0.29) is 24.5 Å². The summed E-state index contributed by atoms with van der Waals surface area (Å²) < 4.78 is 16.3. The van der Waals surface area contributed by atoms with Crippen LogP contribution in [0.2, 0.25) is 0 Å². The van der Waals surface area contributed by atoms with Crippen molar-refractivity contribution >= 4 is 18.0 Å². The van der Waals surface area contributed by atoms with Gasteiger partial charge in [-0.2, -0.15) is 0 Å². The van der Waals surface area contributed by atoms with Crippen LogP contribution in [0.4, 0.5) is 0 Å². The van der Waals surface area contributed by atoms with Gasteiger partial charge in [-0.05, 0) is 42.2 Å². The largest absolute Gasteiger partial charge is 0.486 e. The van der Waals surface area contributed by atoms with Crippen LogP contribution < -0.4 is 14.8 Å². The highest BCUT2D eigenvalue weighted by Gasteiger charge is 2.21. The maximum absolute atomic E-state index is 12.4. The Morgan fingerprint density at radius 1 is 1.07 bits per heavy atom. The number of carbonyl (C=O) groups excluding carboxylic acids is 2. The van der Waals surface area contributed by atoms with Crippen molar-refractivity contribution in [2.45, 2.75) is 26.8 Å². The lowest BCUT2D eigenvalue weighted by Gasteiger charge is -2.25. The molecule has 1 aliphatic rings. The van der Waals surface area contributed by atoms with Crippen LogP contribution in [0.15, 0.2) is 48.5 Å². The normalized spacial score (nSPS) is 13.9. The standard InChI is InChI=1S/C24H27NO5/c1-16(2)24(19-9-10-20-21(14-19)29-13-12-28-20)25-22(26)15-30-23(27)11-8-18-6-4-17(3)5-7-18/h4-11,14,16,24H,12-13,15H2,1-3H3,(H,25,26)/b11-8+/t24-/m0/s1. The maximum atomic E-state index is 12.4. The van der Waals surface area contributed by atoms with Crippen LogP contribution in [0.1, 0.15) is 36.6 Å². The molecule has 6 heteroatoms. The van der Waals surface area contributed by atoms with Gasteiger partial charge < -0.3 is 19.5 Å². The number of aryl methyl sites for hydroxylation is 1. The van der Waals surface area contributed by atoms with Gasteiger partial charge in [0.1, 0.15) is 13.2 Å². The Morgan fingerprint density at radius 3 is 2.47 bits per heavy atom. The zero-order chi connectivity index (χ0) is 21.5. The Balaban J connectivity index is 1.55. The molecule has 0 fully saturated rings. The average molecular weight is 409 g/mol. The molecule has 2 aromatic rings. The Morgan fingerprint density at radius 2 is 1.77 bits per heavy atom. The van der Waals surface area contributed by atoms with Crippen LogP contribution in [0.3, 0.4) is 0 Å². The molecule has 1 N–H and O–H groups in total. The minimum Gasteiger partial charge on any atom is -0.486 e. The van der Waals surface area contributed by atoms with E-state index in [1.807, 2.05) is 63.2 Å². The second-order valence-corrected chi connectivity index (χ2v) is 7.54. The van der Waals surface area contributed by atoms with E-state index in [1.54, 1.807) is 6.08 Å². The average Bonchev–Trinajstić information content (AvgIpc) is 2.75. The fourth-order valence-electron chi connectivity index (χ4n) is 3.13. The Labute approximate surface area is 176 Å². The third-order valence-electron chi connectivity index (χ3n) is 4.74. The lowest BCUT2D eigenvalue weighted by Crippen LogP contribution is -2.35. The van der Waals surface area contributed by atoms with Gasteiger partial charge >= 0.3 is 5.97 Å². The summed E-state index contributed by atoms with van der Waals surface area (Å²) in [5.74, 6) is 0.583. The van der Waals surface area contributed by atoms with Crippen LogP contribution in [0, 0.1) is 12.8 Å². The third kappa shape index (κ3) is 5.86. The van der Waals surface area contributed by atoms with Gasteiger partial charge in [-0.15, -0.1) is 0 Å². The maximum Gasteiger partial charge on any atom is 0.331 e. The van der Waals surface area contributed by atoms with Crippen molar-refractivity contribution in [3.05, 3.63) is 65.2 Å². The van der Waals surface area contributed by atoms with Gasteiger partial charge in [-0.3, -0.25) is 4.79 Å². The first-order chi connectivity index (χ1) is 14.4. The summed E-state index contributed by atoms with van der Waals surface area (Å²) in [7, 11) is 0. The lowest BCUT2D eigenvalue weighted by molar-refractivity contribution is -0.144. The van der Waals surface area contributed by atoms with Crippen LogP contribution in [0.25, 0.3) is 6.08 Å². The number of amides is 1. The summed E-state index contributed by atoms with van der Waals surface area (Å²) in [5.41, 5.74) is 2.94. The lowest BCUT2D eigenvalue weighted by atomic mass is 9.95. The highest BCUT2D eigenvalue weighted by Crippen LogP contribution is 2.34. The molecular formula is C24H27NO5. The molecule has 1 amide bonds. The van der Waals surface area contributed by atoms with Gasteiger partial charge in [0.05, 0.1) is 6.04 Å². The van der Waals surface area contributed by atoms with E-state index in [4.69, 9.17) is 14.2 Å². The SMILES string of the molecule is Cc1ccc(/C=C/C(=O)OCC(=O)N[C@H](c2ccc3c(c2)OCCO3)C(C)C)cc1. The molecule has 3 rings (SSSR count). The molecular weight excluding hydrogens is 382 g/mol. The van der Waals surface area contributed by atoms with E-state index in [9.17, 15) is 9.59 Å². The molecule has 6 nitrogen and oxygen atoms in total. The number of ether oxygens (including phenoxy) is 3. The van der Waals surface area contributed by atoms with Crippen LogP contribution in [-0.4, -0.2) is 31.7 Å². The number of esters is 1. The highest BCUT2D eigenvalue weighted by atomic mass is 16.6. The van der Waals surface area contributed by atoms with Gasteiger partial charge in [-0.25, -0.2) is 4.79 Å². The highest BCUT2D eigenvalue weighted by molar-refractivity contribution is 5.89. The third-order valence-corrected chi connectivity index (χ3v) is 4.74. The molecule has 0 aromatic heterocycles. The van der Waals surface area contributed by atoms with Crippen molar-refractivity contribution in [2.75, 3.05) is 19.8 Å². The van der Waals surface area contributed by atoms with E-state index in [2.05, 4.69) is 5.32 Å². The number of benzene rings is 2. The fraction of sp³-hybridized carbons (Fsp3) is 0.333. The molecule has 158 valence electrons. The first kappa shape index (κ1) is 21.4. The summed E-state index contributed by atoms with van der Waals surface area (Å²) in [4.78, 5) is 24.3. The monoisotopic (exact) mass is 409 g/mol. The van der Waals surface area contributed by atoms with E-state index < -0.39 is 5.97 Å². The van der Waals surface area contributed by atoms with Crippen molar-refractivity contribution in [1.29, 1.82) is 0 Å². The molecule has 0 spiro atoms. The fourth-order valence-corrected chi connectivity index (χ4v) is 3.13. The van der Waals surface area contributed by atoms with E-state index in [1.165, 1.54) is 6.08 Å². The second-order valence-electron chi connectivity index (χ2n) is 7.54. The zero-order valence-electron chi connectivity index (χ0n) is 17.5. The quantitative estimate of drug-likeness (QED) is 0.556. The predicted octanol–water partition coefficient (Wildman–Crippen LogP) is 3.84. The summed E-state index contributed by atoms with van der Waals surface area (Å²) >= 11 is 0. The molecule has 30 heavy (non-hydrogen) atoms. The van der Waals surface area contributed by atoms with Gasteiger partial charge in [0.2, 0.25) is 0 Å². The molecule has 0 radical (unpaired) electrons. The number of rotatable bonds is 7. The molecule has 1 heterocycles. The summed E-state index contributed by atoms with van der Waals surface area (Å²) in [6, 6.07) is 13.1. The Hall–Kier alpha value is -3.28. The van der Waals surface area contributed by atoms with Crippen molar-refractivity contribution in [3.8, 4) is 11.5 Å². The van der Waals surface area contributed by atoms with E-state index >= 15 is 0 Å². The van der Waals surface area contributed by atoms with E-state index in [0.29, 0.717) is 24.7 Å². The minimum absolute atomic E-state index is 0.133. The van der Waals surface area contributed by atoms with Gasteiger partial charge in [0, 0.05) is 6.08 Å². The second kappa shape index (κ2) is 9.96. The Kier molecular flexibility index (Phi) is 7.12. The summed E-state index contributed by atoms with van der Waals surface area (Å²) in [6.07, 6.45) is 2.98. The molecule has 0 bridgehead atoms. The Bertz CT molecular complexity index is 918. The summed E-state index contributed by atoms with van der Waals surface area (Å²) in [5, 5.41) is 2.94. The molecule has 0 saturated carbocycles. The number of fused-ring (bicyclic) bond motifs is 1. The van der Waals surface area contributed by atoms with Crippen LogP contribution in [0.5, 0.6) is 11.5 Å². The molecule has 0 aliphatic carbocycles. The molecule has 2 aromatic carbocycles. The zero-order valence-corrected chi connectivity index (χ0v) is 17.5. The number of nitrogens with one attached hydrogen (secondary N) is 1. The van der Waals surface area contributed by atoms with Crippen molar-refractivity contribution < 1.29 is 23.8 Å². The summed E-state index contributed by atoms with van der Waals surface area (Å²) in [6.45, 7) is 6.71. The van der Waals surface area contributed by atoms with E-state index in [0.717, 1.165) is 16.7 Å². The van der Waals surface area contributed by atoms with Gasteiger partial charge in [-0.1, -0.05) is 49.7 Å². The van der Waals surface area contributed by atoms with Gasteiger partial charge in [0.25, 0.3) is 5.91 Å². The molecule has 1 atom stereocenters. The minimum atomic E-state index is -0.564. The van der Waals surface area contributed by atoms with Crippen molar-refractivity contribution in [3.63, 3.8) is 0 Å². The smallest absolute Gasteiger partial charge is 0.331 e. The topological polar surface area (TPSA) is 73.9 Å². The van der Waals surface area contributed by atoms with Crippen molar-refractivity contribution in [2.24, 2.45) is 5.92 Å². The number of hydrogen-bond acceptors (Lipinski definition) is 5. The number of carbonyl (C=O) groups is 2. The first-order valence-corrected chi connectivity index (χ1v) is 10.0.